The van der Waals surface area contributed by atoms with Gasteiger partial charge in [0.1, 0.15) is 0 Å². The van der Waals surface area contributed by atoms with Gasteiger partial charge in [-0.3, -0.25) is 9.59 Å². The molecule has 0 saturated carbocycles. The second kappa shape index (κ2) is 6.76. The predicted octanol–water partition coefficient (Wildman–Crippen LogP) is -0.161. The normalized spacial score (nSPS) is 21.2. The van der Waals surface area contributed by atoms with E-state index in [1.54, 1.807) is 4.90 Å². The summed E-state index contributed by atoms with van der Waals surface area (Å²) < 4.78 is 24.9. The fourth-order valence-electron chi connectivity index (χ4n) is 3.48. The van der Waals surface area contributed by atoms with Gasteiger partial charge < -0.3 is 10.2 Å². The molecule has 0 radical (unpaired) electrons. The summed E-state index contributed by atoms with van der Waals surface area (Å²) in [5.74, 6) is -0.119. The first kappa shape index (κ1) is 17.9. The summed E-state index contributed by atoms with van der Waals surface area (Å²) in [5.41, 5.74) is 0.255. The molecule has 2 fully saturated rings. The Kier molecular flexibility index (Phi) is 4.83. The lowest BCUT2D eigenvalue weighted by Gasteiger charge is -2.49. The van der Waals surface area contributed by atoms with Gasteiger partial charge in [0.15, 0.2) is 0 Å². The summed E-state index contributed by atoms with van der Waals surface area (Å²) >= 11 is 0. The molecule has 0 aromatic heterocycles. The first-order chi connectivity index (χ1) is 11.8. The smallest absolute Gasteiger partial charge is 0.231 e. The molecule has 2 amide bonds. The van der Waals surface area contributed by atoms with Crippen molar-refractivity contribution in [3.63, 3.8) is 0 Å². The van der Waals surface area contributed by atoms with E-state index in [4.69, 9.17) is 0 Å². The zero-order valence-corrected chi connectivity index (χ0v) is 15.1. The molecule has 0 bridgehead atoms. The number of rotatable bonds is 4. The highest BCUT2D eigenvalue weighted by Gasteiger charge is 2.53. The molecule has 2 aliphatic rings. The van der Waals surface area contributed by atoms with E-state index < -0.39 is 15.4 Å². The number of benzene rings is 1. The highest BCUT2D eigenvalue weighted by molar-refractivity contribution is 7.88. The average Bonchev–Trinajstić information content (AvgIpc) is 2.74. The van der Waals surface area contributed by atoms with Crippen LogP contribution in [0, 0.1) is 5.41 Å². The molecule has 1 aromatic carbocycles. The fourth-order valence-corrected chi connectivity index (χ4v) is 4.44. The standard InChI is InChI=1S/C17H23N3O4S/c1-25(23,24)20-12-17(13-20,11-14-5-3-2-4-6-14)16(22)19-9-7-15(21)18-8-10-19/h2-6H,7-13H2,1H3,(H,18,21). The number of nitrogens with zero attached hydrogens (tertiary/aromatic N) is 2. The van der Waals surface area contributed by atoms with E-state index in [9.17, 15) is 18.0 Å². The predicted molar refractivity (Wildman–Crippen MR) is 93.2 cm³/mol. The molecule has 0 aliphatic carbocycles. The van der Waals surface area contributed by atoms with Crippen LogP contribution in [0.15, 0.2) is 30.3 Å². The molecule has 2 saturated heterocycles. The van der Waals surface area contributed by atoms with Crippen LogP contribution in [0.1, 0.15) is 12.0 Å². The molecule has 8 heteroatoms. The van der Waals surface area contributed by atoms with E-state index in [-0.39, 0.29) is 31.3 Å². The summed E-state index contributed by atoms with van der Waals surface area (Å²) in [7, 11) is -3.31. The fraction of sp³-hybridized carbons (Fsp3) is 0.529. The van der Waals surface area contributed by atoms with Crippen molar-refractivity contribution in [3.8, 4) is 0 Å². The van der Waals surface area contributed by atoms with Crippen LogP contribution < -0.4 is 5.32 Å². The maximum Gasteiger partial charge on any atom is 0.231 e. The number of carbonyl (C=O) groups excluding carboxylic acids is 2. The largest absolute Gasteiger partial charge is 0.354 e. The molecule has 7 nitrogen and oxygen atoms in total. The van der Waals surface area contributed by atoms with Gasteiger partial charge in [0.05, 0.1) is 11.7 Å². The van der Waals surface area contributed by atoms with Crippen molar-refractivity contribution >= 4 is 21.8 Å². The van der Waals surface area contributed by atoms with E-state index in [1.165, 1.54) is 10.6 Å². The van der Waals surface area contributed by atoms with Crippen LogP contribution in [0.25, 0.3) is 0 Å². The second-order valence-corrected chi connectivity index (χ2v) is 8.85. The maximum atomic E-state index is 13.2. The molecule has 25 heavy (non-hydrogen) atoms. The van der Waals surface area contributed by atoms with Crippen molar-refractivity contribution in [1.82, 2.24) is 14.5 Å². The summed E-state index contributed by atoms with van der Waals surface area (Å²) in [6.45, 7) is 1.65. The van der Waals surface area contributed by atoms with Crippen LogP contribution in [0.2, 0.25) is 0 Å². The minimum Gasteiger partial charge on any atom is -0.354 e. The van der Waals surface area contributed by atoms with E-state index >= 15 is 0 Å². The van der Waals surface area contributed by atoms with Crippen molar-refractivity contribution in [2.75, 3.05) is 39.0 Å². The lowest BCUT2D eigenvalue weighted by molar-refractivity contribution is -0.149. The average molecular weight is 365 g/mol. The molecular formula is C17H23N3O4S. The Bertz CT molecular complexity index is 757. The maximum absolute atomic E-state index is 13.2. The van der Waals surface area contributed by atoms with Gasteiger partial charge in [-0.1, -0.05) is 30.3 Å². The van der Waals surface area contributed by atoms with Crippen LogP contribution in [0.5, 0.6) is 0 Å². The van der Waals surface area contributed by atoms with Crippen molar-refractivity contribution in [1.29, 1.82) is 0 Å². The van der Waals surface area contributed by atoms with Gasteiger partial charge in [0.2, 0.25) is 21.8 Å². The number of carbonyl (C=O) groups is 2. The van der Waals surface area contributed by atoms with Gasteiger partial charge in [-0.25, -0.2) is 8.42 Å². The minimum atomic E-state index is -3.31. The zero-order chi connectivity index (χ0) is 18.1. The van der Waals surface area contributed by atoms with Crippen LogP contribution in [-0.4, -0.2) is 68.4 Å². The Morgan fingerprint density at radius 1 is 1.20 bits per heavy atom. The van der Waals surface area contributed by atoms with Crippen LogP contribution >= 0.6 is 0 Å². The Hall–Kier alpha value is -1.93. The molecule has 0 unspecified atom stereocenters. The molecule has 1 N–H and O–H groups in total. The molecule has 1 aromatic rings. The van der Waals surface area contributed by atoms with Crippen LogP contribution in [0.4, 0.5) is 0 Å². The summed E-state index contributed by atoms with van der Waals surface area (Å²) in [4.78, 5) is 26.4. The van der Waals surface area contributed by atoms with Gasteiger partial charge in [-0.15, -0.1) is 0 Å². The number of sulfonamides is 1. The summed E-state index contributed by atoms with van der Waals surface area (Å²) in [6.07, 6.45) is 1.94. The Labute approximate surface area is 148 Å². The molecule has 2 aliphatic heterocycles. The second-order valence-electron chi connectivity index (χ2n) is 6.87. The lowest BCUT2D eigenvalue weighted by Crippen LogP contribution is -2.66. The van der Waals surface area contributed by atoms with Gasteiger partial charge in [-0.05, 0) is 12.0 Å². The van der Waals surface area contributed by atoms with Gasteiger partial charge in [-0.2, -0.15) is 4.31 Å². The summed E-state index contributed by atoms with van der Waals surface area (Å²) in [5, 5.41) is 2.76. The zero-order valence-electron chi connectivity index (χ0n) is 14.3. The molecule has 0 atom stereocenters. The summed E-state index contributed by atoms with van der Waals surface area (Å²) in [6, 6.07) is 9.63. The molecule has 3 rings (SSSR count). The first-order valence-electron chi connectivity index (χ1n) is 8.35. The Balaban J connectivity index is 1.81. The third kappa shape index (κ3) is 3.85. The third-order valence-corrected chi connectivity index (χ3v) is 6.06. The van der Waals surface area contributed by atoms with Crippen LogP contribution in [0.3, 0.4) is 0 Å². The number of amides is 2. The lowest BCUT2D eigenvalue weighted by atomic mass is 9.75. The molecule has 2 heterocycles. The minimum absolute atomic E-state index is 0.0567. The Morgan fingerprint density at radius 2 is 1.88 bits per heavy atom. The number of hydrogen-bond acceptors (Lipinski definition) is 4. The van der Waals surface area contributed by atoms with E-state index in [0.717, 1.165) is 5.56 Å². The highest BCUT2D eigenvalue weighted by atomic mass is 32.2. The van der Waals surface area contributed by atoms with Crippen molar-refractivity contribution in [2.24, 2.45) is 5.41 Å². The van der Waals surface area contributed by atoms with Gasteiger partial charge >= 0.3 is 0 Å². The van der Waals surface area contributed by atoms with Crippen molar-refractivity contribution in [3.05, 3.63) is 35.9 Å². The van der Waals surface area contributed by atoms with E-state index in [1.807, 2.05) is 30.3 Å². The SMILES string of the molecule is CS(=O)(=O)N1CC(Cc2ccccc2)(C(=O)N2CCNC(=O)CC2)C1. The quantitative estimate of drug-likeness (QED) is 0.803. The third-order valence-electron chi connectivity index (χ3n) is 4.87. The van der Waals surface area contributed by atoms with Gasteiger partial charge in [0, 0.05) is 39.1 Å². The van der Waals surface area contributed by atoms with E-state index in [0.29, 0.717) is 26.1 Å². The highest BCUT2D eigenvalue weighted by Crippen LogP contribution is 2.38. The number of nitrogens with one attached hydrogen (secondary N) is 1. The van der Waals surface area contributed by atoms with Crippen molar-refractivity contribution in [2.45, 2.75) is 12.8 Å². The molecule has 136 valence electrons. The molecular weight excluding hydrogens is 342 g/mol. The van der Waals surface area contributed by atoms with Crippen molar-refractivity contribution < 1.29 is 18.0 Å². The Morgan fingerprint density at radius 3 is 2.52 bits per heavy atom. The van der Waals surface area contributed by atoms with Crippen LogP contribution in [-0.2, 0) is 26.0 Å². The van der Waals surface area contributed by atoms with Gasteiger partial charge in [0.25, 0.3) is 0 Å². The molecule has 0 spiro atoms. The monoisotopic (exact) mass is 365 g/mol. The first-order valence-corrected chi connectivity index (χ1v) is 10.2. The topological polar surface area (TPSA) is 86.8 Å². The number of hydrogen-bond donors (Lipinski definition) is 1. The van der Waals surface area contributed by atoms with E-state index in [2.05, 4.69) is 5.32 Å².